The summed E-state index contributed by atoms with van der Waals surface area (Å²) >= 11 is 0. The zero-order valence-corrected chi connectivity index (χ0v) is 17.5. The quantitative estimate of drug-likeness (QED) is 0.620. The predicted molar refractivity (Wildman–Crippen MR) is 111 cm³/mol. The second kappa shape index (κ2) is 8.15. The summed E-state index contributed by atoms with van der Waals surface area (Å²) in [6.45, 7) is 3.12. The molecule has 0 unspecified atom stereocenters. The van der Waals surface area contributed by atoms with Crippen molar-refractivity contribution in [3.05, 3.63) is 65.0 Å². The Morgan fingerprint density at radius 3 is 2.42 bits per heavy atom. The number of nitrogens with zero attached hydrogens (tertiary/aromatic N) is 2. The van der Waals surface area contributed by atoms with E-state index in [1.807, 2.05) is 0 Å². The van der Waals surface area contributed by atoms with E-state index < -0.39 is 29.1 Å². The zero-order valence-electron chi connectivity index (χ0n) is 17.5. The summed E-state index contributed by atoms with van der Waals surface area (Å²) in [6.07, 6.45) is -4.82. The topological polar surface area (TPSA) is 91.7 Å². The minimum Gasteiger partial charge on any atom is -0.454 e. The number of hydrogen-bond acceptors (Lipinski definition) is 6. The van der Waals surface area contributed by atoms with Gasteiger partial charge >= 0.3 is 6.36 Å². The number of alkyl halides is 3. The van der Waals surface area contributed by atoms with Crippen molar-refractivity contribution >= 4 is 11.6 Å². The molecule has 1 N–H and O–H groups in total. The van der Waals surface area contributed by atoms with Gasteiger partial charge in [-0.25, -0.2) is 4.68 Å². The number of carbonyl (C=O) groups is 1. The molecule has 0 saturated carbocycles. The van der Waals surface area contributed by atoms with Crippen molar-refractivity contribution in [1.29, 1.82) is 0 Å². The van der Waals surface area contributed by atoms with E-state index in [4.69, 9.17) is 9.47 Å². The lowest BCUT2D eigenvalue weighted by Crippen LogP contribution is -2.47. The molecule has 4 rings (SSSR count). The molecular weight excluding hydrogens is 443 g/mol. The summed E-state index contributed by atoms with van der Waals surface area (Å²) in [5.41, 5.74) is -0.618. The van der Waals surface area contributed by atoms with E-state index in [9.17, 15) is 22.8 Å². The normalized spacial score (nSPS) is 13.0. The smallest absolute Gasteiger partial charge is 0.454 e. The maximum atomic E-state index is 12.9. The first-order valence-electron chi connectivity index (χ1n) is 9.71. The summed E-state index contributed by atoms with van der Waals surface area (Å²) < 4.78 is 52.4. The van der Waals surface area contributed by atoms with E-state index in [2.05, 4.69) is 15.2 Å². The van der Waals surface area contributed by atoms with Crippen molar-refractivity contribution in [3.8, 4) is 28.5 Å². The third-order valence-corrected chi connectivity index (χ3v) is 4.90. The third-order valence-electron chi connectivity index (χ3n) is 4.90. The Balaban J connectivity index is 1.57. The SMILES string of the molecule is CC(C)(C(=O)Nc1ccc(OC(F)(F)F)cc1)n1nc(-c2ccc3c(c2)OCO3)ccc1=O. The second-order valence-electron chi connectivity index (χ2n) is 7.62. The minimum atomic E-state index is -4.82. The minimum absolute atomic E-state index is 0.113. The number of nitrogens with one attached hydrogen (secondary N) is 1. The lowest BCUT2D eigenvalue weighted by atomic mass is 10.0. The molecule has 0 radical (unpaired) electrons. The average molecular weight is 461 g/mol. The number of hydrogen-bond donors (Lipinski definition) is 1. The van der Waals surface area contributed by atoms with Gasteiger partial charge in [-0.1, -0.05) is 0 Å². The number of amides is 1. The van der Waals surface area contributed by atoms with E-state index in [0.29, 0.717) is 22.8 Å². The summed E-state index contributed by atoms with van der Waals surface area (Å²) in [7, 11) is 0. The number of halogens is 3. The Hall–Kier alpha value is -4.02. The second-order valence-corrected chi connectivity index (χ2v) is 7.62. The van der Waals surface area contributed by atoms with Gasteiger partial charge < -0.3 is 19.5 Å². The van der Waals surface area contributed by atoms with Gasteiger partial charge in [0, 0.05) is 17.3 Å². The van der Waals surface area contributed by atoms with E-state index in [-0.39, 0.29) is 12.5 Å². The zero-order chi connectivity index (χ0) is 23.8. The Morgan fingerprint density at radius 1 is 1.03 bits per heavy atom. The maximum absolute atomic E-state index is 12.9. The number of aromatic nitrogens is 2. The molecule has 1 aliphatic heterocycles. The van der Waals surface area contributed by atoms with Crippen LogP contribution in [0.2, 0.25) is 0 Å². The molecule has 1 amide bonds. The molecule has 2 aromatic carbocycles. The first-order valence-corrected chi connectivity index (χ1v) is 9.71. The van der Waals surface area contributed by atoms with Gasteiger partial charge in [0.05, 0.1) is 5.69 Å². The molecule has 0 atom stereocenters. The monoisotopic (exact) mass is 461 g/mol. The van der Waals surface area contributed by atoms with E-state index >= 15 is 0 Å². The molecule has 172 valence electrons. The number of fused-ring (bicyclic) bond motifs is 1. The highest BCUT2D eigenvalue weighted by molar-refractivity contribution is 5.96. The Bertz CT molecular complexity index is 1250. The Labute approximate surface area is 185 Å². The Kier molecular flexibility index (Phi) is 5.48. The number of ether oxygens (including phenoxy) is 3. The van der Waals surface area contributed by atoms with Gasteiger partial charge in [0.1, 0.15) is 11.3 Å². The van der Waals surface area contributed by atoms with Crippen molar-refractivity contribution < 1.29 is 32.2 Å². The van der Waals surface area contributed by atoms with Crippen LogP contribution in [0.5, 0.6) is 17.2 Å². The van der Waals surface area contributed by atoms with Crippen LogP contribution in [-0.2, 0) is 10.3 Å². The van der Waals surface area contributed by atoms with Gasteiger partial charge in [-0.05, 0) is 62.4 Å². The van der Waals surface area contributed by atoms with Crippen LogP contribution < -0.4 is 25.1 Å². The summed E-state index contributed by atoms with van der Waals surface area (Å²) in [5, 5.41) is 6.94. The van der Waals surface area contributed by atoms with Crippen LogP contribution >= 0.6 is 0 Å². The van der Waals surface area contributed by atoms with E-state index in [1.54, 1.807) is 18.2 Å². The number of anilines is 1. The van der Waals surface area contributed by atoms with E-state index in [1.165, 1.54) is 38.1 Å². The van der Waals surface area contributed by atoms with Crippen LogP contribution in [0, 0.1) is 0 Å². The average Bonchev–Trinajstić information content (AvgIpc) is 3.22. The van der Waals surface area contributed by atoms with Crippen molar-refractivity contribution in [2.45, 2.75) is 25.7 Å². The van der Waals surface area contributed by atoms with Gasteiger partial charge in [0.15, 0.2) is 11.5 Å². The lowest BCUT2D eigenvalue weighted by Gasteiger charge is -2.25. The molecule has 2 heterocycles. The summed E-state index contributed by atoms with van der Waals surface area (Å²) in [6, 6.07) is 12.7. The molecule has 11 heteroatoms. The predicted octanol–water partition coefficient (Wildman–Crippen LogP) is 3.91. The first kappa shape index (κ1) is 22.2. The molecule has 0 fully saturated rings. The van der Waals surface area contributed by atoms with Crippen molar-refractivity contribution in [2.24, 2.45) is 0 Å². The number of rotatable bonds is 5. The fourth-order valence-electron chi connectivity index (χ4n) is 3.14. The molecular formula is C22H18F3N3O5. The summed E-state index contributed by atoms with van der Waals surface area (Å²) in [5.74, 6) is 0.124. The molecule has 1 aromatic heterocycles. The molecule has 1 aliphatic rings. The maximum Gasteiger partial charge on any atom is 0.573 e. The molecule has 33 heavy (non-hydrogen) atoms. The standard InChI is InChI=1S/C22H18F3N3O5/c1-21(2,20(30)26-14-4-6-15(7-5-14)33-22(23,24)25)28-19(29)10-8-16(27-28)13-3-9-17-18(11-13)32-12-31-17/h3-11H,12H2,1-2H3,(H,26,30). The molecule has 0 spiro atoms. The van der Waals surface area contributed by atoms with Gasteiger partial charge in [-0.2, -0.15) is 5.10 Å². The van der Waals surface area contributed by atoms with Crippen LogP contribution in [0.1, 0.15) is 13.8 Å². The first-order chi connectivity index (χ1) is 15.5. The fraction of sp³-hybridized carbons (Fsp3) is 0.227. The number of benzene rings is 2. The molecule has 0 aliphatic carbocycles. The molecule has 8 nitrogen and oxygen atoms in total. The molecule has 0 bridgehead atoms. The van der Waals surface area contributed by atoms with Crippen LogP contribution in [0.3, 0.4) is 0 Å². The lowest BCUT2D eigenvalue weighted by molar-refractivity contribution is -0.274. The van der Waals surface area contributed by atoms with Crippen LogP contribution in [-0.4, -0.2) is 28.8 Å². The van der Waals surface area contributed by atoms with Gasteiger partial charge in [0.25, 0.3) is 11.5 Å². The van der Waals surface area contributed by atoms with Crippen LogP contribution in [0.25, 0.3) is 11.3 Å². The van der Waals surface area contributed by atoms with Crippen LogP contribution in [0.4, 0.5) is 18.9 Å². The summed E-state index contributed by atoms with van der Waals surface area (Å²) in [4.78, 5) is 25.5. The van der Waals surface area contributed by atoms with Crippen molar-refractivity contribution in [3.63, 3.8) is 0 Å². The molecule has 3 aromatic rings. The number of carbonyl (C=O) groups excluding carboxylic acids is 1. The molecule has 0 saturated heterocycles. The van der Waals surface area contributed by atoms with Gasteiger partial charge in [-0.3, -0.25) is 9.59 Å². The van der Waals surface area contributed by atoms with Crippen molar-refractivity contribution in [1.82, 2.24) is 9.78 Å². The highest BCUT2D eigenvalue weighted by atomic mass is 19.4. The largest absolute Gasteiger partial charge is 0.573 e. The van der Waals surface area contributed by atoms with Crippen molar-refractivity contribution in [2.75, 3.05) is 12.1 Å². The van der Waals surface area contributed by atoms with E-state index in [0.717, 1.165) is 16.8 Å². The van der Waals surface area contributed by atoms with Gasteiger partial charge in [0.2, 0.25) is 6.79 Å². The highest BCUT2D eigenvalue weighted by Gasteiger charge is 2.33. The van der Waals surface area contributed by atoms with Gasteiger partial charge in [-0.15, -0.1) is 13.2 Å². The fourth-order valence-corrected chi connectivity index (χ4v) is 3.14. The Morgan fingerprint density at radius 2 is 1.73 bits per heavy atom. The highest BCUT2D eigenvalue weighted by Crippen LogP contribution is 2.35. The van der Waals surface area contributed by atoms with Crippen LogP contribution in [0.15, 0.2) is 59.4 Å². The third kappa shape index (κ3) is 4.76.